The quantitative estimate of drug-likeness (QED) is 0.292. The van der Waals surface area contributed by atoms with Gasteiger partial charge in [0.15, 0.2) is 17.4 Å². The van der Waals surface area contributed by atoms with E-state index in [-0.39, 0.29) is 41.4 Å². The first-order valence-corrected chi connectivity index (χ1v) is 13.6. The zero-order valence-electron chi connectivity index (χ0n) is 22.6. The van der Waals surface area contributed by atoms with Crippen LogP contribution >= 0.6 is 0 Å². The van der Waals surface area contributed by atoms with Crippen molar-refractivity contribution in [2.75, 3.05) is 44.8 Å². The number of amides is 1. The summed E-state index contributed by atoms with van der Waals surface area (Å²) in [6, 6.07) is 10.3. The number of nitrogens with one attached hydrogen (secondary N) is 2. The summed E-state index contributed by atoms with van der Waals surface area (Å²) in [5.74, 6) is -5.71. The van der Waals surface area contributed by atoms with Crippen LogP contribution in [0.4, 0.5) is 23.2 Å². The van der Waals surface area contributed by atoms with Crippen LogP contribution in [0.15, 0.2) is 59.9 Å². The molecule has 9 nitrogen and oxygen atoms in total. The van der Waals surface area contributed by atoms with E-state index >= 15 is 8.78 Å². The number of rotatable bonds is 5. The van der Waals surface area contributed by atoms with Gasteiger partial charge in [0, 0.05) is 54.3 Å². The average molecular weight is 596 g/mol. The topological polar surface area (TPSA) is 101 Å². The third-order valence-corrected chi connectivity index (χ3v) is 7.79. The van der Waals surface area contributed by atoms with E-state index in [1.165, 1.54) is 12.3 Å². The molecule has 2 fully saturated rings. The number of aromatic nitrogens is 2. The molecule has 3 aliphatic rings. The number of aliphatic imine (C=N–C) groups is 1. The number of aromatic amines is 1. The van der Waals surface area contributed by atoms with Crippen LogP contribution in [0.1, 0.15) is 16.8 Å². The van der Waals surface area contributed by atoms with Crippen LogP contribution < -0.4 is 10.1 Å². The van der Waals surface area contributed by atoms with Gasteiger partial charge in [-0.2, -0.15) is 0 Å². The third-order valence-electron chi connectivity index (χ3n) is 7.79. The third kappa shape index (κ3) is 5.13. The maximum atomic E-state index is 15.2. The minimum atomic E-state index is -2.88. The van der Waals surface area contributed by atoms with E-state index in [4.69, 9.17) is 14.2 Å². The highest BCUT2D eigenvalue weighted by molar-refractivity contribution is 5.99. The molecular weight excluding hydrogens is 570 g/mol. The Morgan fingerprint density at radius 3 is 2.47 bits per heavy atom. The summed E-state index contributed by atoms with van der Waals surface area (Å²) in [4.78, 5) is 25.5. The number of likely N-dealkylation sites (tertiary alicyclic amines) is 1. The van der Waals surface area contributed by atoms with Gasteiger partial charge >= 0.3 is 0 Å². The lowest BCUT2D eigenvalue weighted by molar-refractivity contribution is -0.132. The number of pyridine rings is 1. The number of hydrogen-bond acceptors (Lipinski definition) is 7. The molecule has 0 unspecified atom stereocenters. The molecule has 0 atom stereocenters. The smallest absolute Gasteiger partial charge is 0.289 e. The molecule has 5 heterocycles. The lowest BCUT2D eigenvalue weighted by Crippen LogP contribution is -2.51. The van der Waals surface area contributed by atoms with Crippen molar-refractivity contribution >= 4 is 28.6 Å². The molecule has 0 aliphatic carbocycles. The number of carbonyl (C=O) groups is 1. The van der Waals surface area contributed by atoms with Crippen molar-refractivity contribution in [3.05, 3.63) is 72.1 Å². The molecule has 1 amide bonds. The summed E-state index contributed by atoms with van der Waals surface area (Å²) in [5, 5.41) is 3.26. The monoisotopic (exact) mass is 595 g/mol. The molecule has 0 saturated carbocycles. The summed E-state index contributed by atoms with van der Waals surface area (Å²) < 4.78 is 74.1. The van der Waals surface area contributed by atoms with Gasteiger partial charge in [-0.25, -0.2) is 27.5 Å². The van der Waals surface area contributed by atoms with Crippen molar-refractivity contribution in [1.82, 2.24) is 14.9 Å². The summed E-state index contributed by atoms with van der Waals surface area (Å²) in [6.45, 7) is 1.42. The van der Waals surface area contributed by atoms with Gasteiger partial charge in [0.25, 0.3) is 17.9 Å². The van der Waals surface area contributed by atoms with Crippen LogP contribution in [0, 0.1) is 17.0 Å². The lowest BCUT2D eigenvalue weighted by atomic mass is 9.87. The van der Waals surface area contributed by atoms with Crippen molar-refractivity contribution in [2.24, 2.45) is 10.4 Å². The zero-order chi connectivity index (χ0) is 29.8. The lowest BCUT2D eigenvalue weighted by Gasteiger charge is -2.41. The number of ether oxygens (including phenoxy) is 3. The number of halogens is 4. The maximum Gasteiger partial charge on any atom is 0.289 e. The Morgan fingerprint density at radius 1 is 1.07 bits per heavy atom. The second-order valence-electron chi connectivity index (χ2n) is 11.0. The Labute approximate surface area is 242 Å². The summed E-state index contributed by atoms with van der Waals surface area (Å²) in [5.41, 5.74) is 1.92. The number of nitrogens with zero attached hydrogens (tertiary/aromatic N) is 3. The van der Waals surface area contributed by atoms with E-state index in [0.717, 1.165) is 17.0 Å². The van der Waals surface area contributed by atoms with Crippen LogP contribution in [-0.2, 0) is 9.47 Å². The molecule has 13 heteroatoms. The molecule has 222 valence electrons. The van der Waals surface area contributed by atoms with Crippen molar-refractivity contribution in [3.8, 4) is 22.6 Å². The summed E-state index contributed by atoms with van der Waals surface area (Å²) >= 11 is 0. The zero-order valence-corrected chi connectivity index (χ0v) is 22.6. The van der Waals surface area contributed by atoms with Gasteiger partial charge in [0.1, 0.15) is 18.0 Å². The van der Waals surface area contributed by atoms with Crippen LogP contribution in [0.3, 0.4) is 0 Å². The maximum absolute atomic E-state index is 15.2. The van der Waals surface area contributed by atoms with Gasteiger partial charge in [-0.15, -0.1) is 0 Å². The molecule has 1 spiro atoms. The Hall–Kier alpha value is -4.65. The van der Waals surface area contributed by atoms with E-state index < -0.39 is 35.8 Å². The number of alkyl halides is 2. The molecule has 43 heavy (non-hydrogen) atoms. The highest BCUT2D eigenvalue weighted by atomic mass is 19.3. The first-order valence-electron chi connectivity index (χ1n) is 13.6. The number of amidine groups is 1. The second kappa shape index (κ2) is 10.3. The van der Waals surface area contributed by atoms with Gasteiger partial charge in [-0.3, -0.25) is 4.79 Å². The SMILES string of the molecule is O=C(c1ccc(-c2c[nH]c3nccc(Oc4c(F)cc(NC5=NCC6(COC6)CO5)cc4F)c23)cc1)N1CCC(F)(F)C1. The van der Waals surface area contributed by atoms with E-state index in [1.54, 1.807) is 30.5 Å². The molecule has 2 aromatic heterocycles. The predicted molar refractivity (Wildman–Crippen MR) is 149 cm³/mol. The minimum absolute atomic E-state index is 0.00838. The van der Waals surface area contributed by atoms with Crippen LogP contribution in [-0.4, -0.2) is 72.2 Å². The van der Waals surface area contributed by atoms with Gasteiger partial charge < -0.3 is 29.4 Å². The number of benzene rings is 2. The van der Waals surface area contributed by atoms with Gasteiger partial charge in [0.2, 0.25) is 0 Å². The first kappa shape index (κ1) is 27.2. The second-order valence-corrected chi connectivity index (χ2v) is 11.0. The summed E-state index contributed by atoms with van der Waals surface area (Å²) in [6.07, 6.45) is 2.74. The van der Waals surface area contributed by atoms with Crippen molar-refractivity contribution < 1.29 is 36.6 Å². The Morgan fingerprint density at radius 2 is 1.84 bits per heavy atom. The van der Waals surface area contributed by atoms with Crippen molar-refractivity contribution in [1.29, 1.82) is 0 Å². The molecule has 2 aromatic carbocycles. The highest BCUT2D eigenvalue weighted by Gasteiger charge is 2.42. The molecule has 4 aromatic rings. The number of H-pyrrole nitrogens is 1. The molecular formula is C30H25F4N5O4. The van der Waals surface area contributed by atoms with E-state index in [1.807, 2.05) is 0 Å². The average Bonchev–Trinajstić information content (AvgIpc) is 3.58. The molecule has 0 radical (unpaired) electrons. The minimum Gasteiger partial charge on any atom is -0.464 e. The highest BCUT2D eigenvalue weighted by Crippen LogP contribution is 2.39. The van der Waals surface area contributed by atoms with Crippen molar-refractivity contribution in [2.45, 2.75) is 12.3 Å². The Bertz CT molecular complexity index is 1730. The van der Waals surface area contributed by atoms with Gasteiger partial charge in [-0.05, 0) is 23.8 Å². The number of carbonyl (C=O) groups excluding carboxylic acids is 1. The van der Waals surface area contributed by atoms with E-state index in [9.17, 15) is 13.6 Å². The molecule has 7 rings (SSSR count). The largest absolute Gasteiger partial charge is 0.464 e. The standard InChI is InChI=1S/C30H25F4N5O4/c31-21-9-19(38-28-37-12-29(16-42-28)14-41-15-29)10-22(32)25(21)43-23-5-7-35-26-24(23)20(11-36-26)17-1-3-18(4-2-17)27(40)39-8-6-30(33,34)13-39/h1-5,7,9-11H,6,8,12-16H2,(H,35,36)(H,37,38). The van der Waals surface area contributed by atoms with Crippen molar-refractivity contribution in [3.63, 3.8) is 0 Å². The predicted octanol–water partition coefficient (Wildman–Crippen LogP) is 5.60. The van der Waals surface area contributed by atoms with E-state index in [2.05, 4.69) is 20.3 Å². The fourth-order valence-corrected chi connectivity index (χ4v) is 5.38. The van der Waals surface area contributed by atoms with Gasteiger partial charge in [-0.1, -0.05) is 12.1 Å². The van der Waals surface area contributed by atoms with Crippen LogP contribution in [0.2, 0.25) is 0 Å². The number of anilines is 1. The Balaban J connectivity index is 1.12. The first-order chi connectivity index (χ1) is 20.7. The summed E-state index contributed by atoms with van der Waals surface area (Å²) in [7, 11) is 0. The van der Waals surface area contributed by atoms with Crippen LogP contribution in [0.25, 0.3) is 22.2 Å². The normalized spacial score (nSPS) is 18.7. The van der Waals surface area contributed by atoms with Crippen LogP contribution in [0.5, 0.6) is 11.5 Å². The fraction of sp³-hybridized carbons (Fsp3) is 0.300. The Kier molecular flexibility index (Phi) is 6.49. The molecule has 0 bridgehead atoms. The van der Waals surface area contributed by atoms with E-state index in [0.29, 0.717) is 48.5 Å². The number of fused-ring (bicyclic) bond motifs is 1. The molecule has 2 saturated heterocycles. The van der Waals surface area contributed by atoms with Gasteiger partial charge in [0.05, 0.1) is 37.1 Å². The number of hydrogen-bond donors (Lipinski definition) is 2. The fourth-order valence-electron chi connectivity index (χ4n) is 5.38. The molecule has 2 N–H and O–H groups in total. The molecule has 3 aliphatic heterocycles.